The molecule has 0 aromatic heterocycles. The van der Waals surface area contributed by atoms with Gasteiger partial charge in [-0.1, -0.05) is 0 Å². The van der Waals surface area contributed by atoms with E-state index in [9.17, 15) is 57.1 Å². The van der Waals surface area contributed by atoms with Gasteiger partial charge in [0, 0.05) is 40.2 Å². The molecule has 0 atom stereocenters. The highest BCUT2D eigenvalue weighted by atomic mass is 19.2. The van der Waals surface area contributed by atoms with E-state index in [0.29, 0.717) is 0 Å². The van der Waals surface area contributed by atoms with Crippen molar-refractivity contribution in [3.63, 3.8) is 0 Å². The van der Waals surface area contributed by atoms with Crippen molar-refractivity contribution in [2.45, 2.75) is 12.3 Å². The van der Waals surface area contributed by atoms with Gasteiger partial charge in [0.15, 0.2) is 69.8 Å². The maximum absolute atomic E-state index is 14.6. The fourth-order valence-corrected chi connectivity index (χ4v) is 3.82. The molecule has 0 saturated carbocycles. The molecule has 0 spiro atoms. The highest BCUT2D eigenvalue weighted by molar-refractivity contribution is 5.57. The fraction of sp³-hybridized carbons (Fsp3) is 0.100. The topological polar surface area (TPSA) is 0 Å². The van der Waals surface area contributed by atoms with E-state index in [1.165, 1.54) is 0 Å². The third-order valence-electron chi connectivity index (χ3n) is 5.27. The molecule has 0 nitrogen and oxygen atoms in total. The second-order valence-electron chi connectivity index (χ2n) is 6.89. The van der Waals surface area contributed by atoms with Crippen LogP contribution >= 0.6 is 0 Å². The average molecular weight is 490 g/mol. The summed E-state index contributed by atoms with van der Waals surface area (Å²) in [7, 11) is 0. The summed E-state index contributed by atoms with van der Waals surface area (Å²) in [5.74, 6) is -36.6. The molecule has 0 fully saturated rings. The van der Waals surface area contributed by atoms with Crippen LogP contribution in [0, 0.1) is 75.6 Å². The van der Waals surface area contributed by atoms with E-state index in [2.05, 4.69) is 0 Å². The zero-order valence-electron chi connectivity index (χ0n) is 15.2. The van der Waals surface area contributed by atoms with Crippen LogP contribution in [0.25, 0.3) is 0 Å². The first-order chi connectivity index (χ1) is 15.3. The van der Waals surface area contributed by atoms with E-state index < -0.39 is 116 Å². The highest BCUT2D eigenvalue weighted by Gasteiger charge is 2.44. The summed E-state index contributed by atoms with van der Waals surface area (Å²) in [6, 6.07) is 0. The smallest absolute Gasteiger partial charge is 0.200 e. The van der Waals surface area contributed by atoms with Crippen molar-refractivity contribution in [1.82, 2.24) is 0 Å². The van der Waals surface area contributed by atoms with Crippen LogP contribution in [0.1, 0.15) is 33.7 Å². The Morgan fingerprint density at radius 2 is 0.545 bits per heavy atom. The lowest BCUT2D eigenvalue weighted by molar-refractivity contribution is 0.360. The number of benzene rings is 3. The van der Waals surface area contributed by atoms with E-state index in [1.54, 1.807) is 0 Å². The Balaban J connectivity index is 2.28. The number of hydrogen-bond donors (Lipinski definition) is 0. The van der Waals surface area contributed by atoms with E-state index in [4.69, 9.17) is 0 Å². The van der Waals surface area contributed by atoms with Crippen molar-refractivity contribution < 1.29 is 57.1 Å². The summed E-state index contributed by atoms with van der Waals surface area (Å²) in [5.41, 5.74) is -8.46. The van der Waals surface area contributed by atoms with Crippen LogP contribution in [0.15, 0.2) is 0 Å². The summed E-state index contributed by atoms with van der Waals surface area (Å²) in [6.45, 7) is 0. The van der Waals surface area contributed by atoms with E-state index in [1.807, 2.05) is 0 Å². The molecule has 0 unspecified atom stereocenters. The predicted molar refractivity (Wildman–Crippen MR) is 82.5 cm³/mol. The second kappa shape index (κ2) is 7.39. The fourth-order valence-electron chi connectivity index (χ4n) is 3.82. The summed E-state index contributed by atoms with van der Waals surface area (Å²) in [4.78, 5) is 0. The van der Waals surface area contributed by atoms with Crippen molar-refractivity contribution in [3.8, 4) is 0 Å². The molecule has 0 bridgehead atoms. The van der Waals surface area contributed by atoms with Crippen molar-refractivity contribution >= 4 is 0 Å². The normalized spacial score (nSPS) is 13.4. The first kappa shape index (κ1) is 22.9. The van der Waals surface area contributed by atoms with Gasteiger partial charge in [0.1, 0.15) is 0 Å². The highest BCUT2D eigenvalue weighted by Crippen LogP contribution is 2.48. The van der Waals surface area contributed by atoms with Gasteiger partial charge >= 0.3 is 0 Å². The number of fused-ring (bicyclic) bond motifs is 2. The summed E-state index contributed by atoms with van der Waals surface area (Å²) >= 11 is 0. The third-order valence-corrected chi connectivity index (χ3v) is 5.27. The predicted octanol–water partition coefficient (Wildman–Crippen LogP) is 6.58. The van der Waals surface area contributed by atoms with Crippen LogP contribution in [0.2, 0.25) is 0 Å². The lowest BCUT2D eigenvalue weighted by Crippen LogP contribution is -2.26. The molecule has 174 valence electrons. The van der Waals surface area contributed by atoms with Crippen LogP contribution in [-0.4, -0.2) is 0 Å². The van der Waals surface area contributed by atoms with Crippen LogP contribution < -0.4 is 0 Å². The molecule has 0 heterocycles. The minimum absolute atomic E-state index is 1.45. The maximum Gasteiger partial charge on any atom is 0.200 e. The monoisotopic (exact) mass is 490 g/mol. The molecule has 0 radical (unpaired) electrons. The molecule has 1 aliphatic rings. The largest absolute Gasteiger partial charge is 0.203 e. The quantitative estimate of drug-likeness (QED) is 0.161. The molecule has 1 aliphatic carbocycles. The lowest BCUT2D eigenvalue weighted by Gasteiger charge is -2.31. The first-order valence-electron chi connectivity index (χ1n) is 8.53. The number of hydrogen-bond acceptors (Lipinski definition) is 0. The van der Waals surface area contributed by atoms with Gasteiger partial charge < -0.3 is 0 Å². The Morgan fingerprint density at radius 1 is 0.303 bits per heavy atom. The van der Waals surface area contributed by atoms with Crippen LogP contribution in [0.3, 0.4) is 0 Å². The summed E-state index contributed by atoms with van der Waals surface area (Å²) < 4.78 is 183. The van der Waals surface area contributed by atoms with Gasteiger partial charge in [0.2, 0.25) is 5.82 Å². The van der Waals surface area contributed by atoms with Gasteiger partial charge in [-0.25, -0.2) is 57.1 Å². The minimum atomic E-state index is -3.14. The summed E-state index contributed by atoms with van der Waals surface area (Å²) in [6.07, 6.45) is -1.49. The molecule has 33 heavy (non-hydrogen) atoms. The Morgan fingerprint density at radius 3 is 0.879 bits per heavy atom. The van der Waals surface area contributed by atoms with Gasteiger partial charge in [-0.2, -0.15) is 0 Å². The zero-order chi connectivity index (χ0) is 24.7. The van der Waals surface area contributed by atoms with Crippen LogP contribution in [0.5, 0.6) is 0 Å². The van der Waals surface area contributed by atoms with E-state index in [-0.39, 0.29) is 0 Å². The molecule has 13 heteroatoms. The van der Waals surface area contributed by atoms with Crippen molar-refractivity contribution in [2.75, 3.05) is 0 Å². The molecule has 0 amide bonds. The Bertz CT molecular complexity index is 1240. The maximum atomic E-state index is 14.6. The number of rotatable bonds is 1. The molecule has 3 aromatic carbocycles. The van der Waals surface area contributed by atoms with Gasteiger partial charge in [0.25, 0.3) is 0 Å². The summed E-state index contributed by atoms with van der Waals surface area (Å²) in [5, 5.41) is 0. The van der Waals surface area contributed by atoms with Crippen LogP contribution in [-0.2, 0) is 6.42 Å². The van der Waals surface area contributed by atoms with Crippen molar-refractivity contribution in [2.24, 2.45) is 0 Å². The van der Waals surface area contributed by atoms with Gasteiger partial charge in [-0.15, -0.1) is 0 Å². The SMILES string of the molecule is Fc1c(F)c(F)c(C2c3c(F)c(F)c(F)c(F)c3Cc3c(F)c(F)c(F)c(F)c32)c(F)c1F. The first-order valence-corrected chi connectivity index (χ1v) is 8.53. The van der Waals surface area contributed by atoms with Crippen molar-refractivity contribution in [1.29, 1.82) is 0 Å². The molecule has 3 aromatic rings. The van der Waals surface area contributed by atoms with E-state index in [0.717, 1.165) is 0 Å². The molecule has 0 N–H and O–H groups in total. The molecular weight excluding hydrogens is 487 g/mol. The van der Waals surface area contributed by atoms with Gasteiger partial charge in [-0.3, -0.25) is 0 Å². The average Bonchev–Trinajstić information content (AvgIpc) is 2.80. The molecular formula is C20H3F13. The lowest BCUT2D eigenvalue weighted by atomic mass is 9.73. The Labute approximate surface area is 173 Å². The van der Waals surface area contributed by atoms with Gasteiger partial charge in [0.05, 0.1) is 0 Å². The number of halogens is 13. The van der Waals surface area contributed by atoms with E-state index >= 15 is 0 Å². The second-order valence-corrected chi connectivity index (χ2v) is 6.89. The Hall–Kier alpha value is -3.25. The third kappa shape index (κ3) is 2.86. The van der Waals surface area contributed by atoms with Crippen molar-refractivity contribution in [3.05, 3.63) is 103 Å². The molecule has 4 rings (SSSR count). The standard InChI is InChI=1S/C20H3F13/c21-8-2-1-3-5(11(24)17(30)15(28)9(3)22)6(4(2)10(23)16(29)14(8)27)7-12(25)18(31)20(33)19(32)13(7)26/h6H,1H2. The zero-order valence-corrected chi connectivity index (χ0v) is 15.2. The minimum Gasteiger partial charge on any atom is -0.203 e. The Kier molecular flexibility index (Phi) is 5.13. The molecule has 0 aliphatic heterocycles. The molecule has 0 saturated heterocycles. The van der Waals surface area contributed by atoms with Crippen LogP contribution in [0.4, 0.5) is 57.1 Å². The van der Waals surface area contributed by atoms with Gasteiger partial charge in [-0.05, 0) is 0 Å².